The van der Waals surface area contributed by atoms with Crippen molar-refractivity contribution in [1.82, 2.24) is 5.32 Å². The fourth-order valence-corrected chi connectivity index (χ4v) is 12.8. The van der Waals surface area contributed by atoms with Crippen LogP contribution in [0.25, 0.3) is 0 Å². The summed E-state index contributed by atoms with van der Waals surface area (Å²) in [6.07, 6.45) is 0.0521. The van der Waals surface area contributed by atoms with Gasteiger partial charge in [0.1, 0.15) is 30.2 Å². The lowest BCUT2D eigenvalue weighted by Gasteiger charge is -2.58. The number of ether oxygens (including phenoxy) is 7. The lowest BCUT2D eigenvalue weighted by atomic mass is 9.47. The van der Waals surface area contributed by atoms with Gasteiger partial charge < -0.3 is 58.9 Å². The number of benzene rings is 1. The second-order valence-electron chi connectivity index (χ2n) is 20.4. The molecule has 5 N–H and O–H groups in total. The molecule has 0 bridgehead atoms. The van der Waals surface area contributed by atoms with Crippen molar-refractivity contribution < 1.29 is 68.0 Å². The molecule has 2 saturated heterocycles. The van der Waals surface area contributed by atoms with Gasteiger partial charge in [-0.2, -0.15) is 0 Å². The molecule has 5 fully saturated rings. The van der Waals surface area contributed by atoms with Crippen LogP contribution < -0.4 is 10.1 Å². The number of carbonyl (C=O) groups excluding carboxylic acids is 3. The lowest BCUT2D eigenvalue weighted by Crippen LogP contribution is -2.62. The highest BCUT2D eigenvalue weighted by Crippen LogP contribution is 2.68. The summed E-state index contributed by atoms with van der Waals surface area (Å²) in [5, 5.41) is 46.8. The van der Waals surface area contributed by atoms with Crippen LogP contribution in [-0.2, 0) is 38.0 Å². The molecule has 7 rings (SSSR count). The highest BCUT2D eigenvalue weighted by Gasteiger charge is 2.63. The molecule has 1 amide bonds. The number of hydrogen-bond donors (Lipinski definition) is 5. The molecule has 4 aliphatic carbocycles. The van der Waals surface area contributed by atoms with Gasteiger partial charge in [-0.1, -0.05) is 52.2 Å². The number of rotatable bonds is 15. The van der Waals surface area contributed by atoms with Crippen LogP contribution in [0.5, 0.6) is 5.75 Å². The largest absolute Gasteiger partial charge is 0.497 e. The van der Waals surface area contributed by atoms with Crippen molar-refractivity contribution in [2.45, 2.75) is 167 Å². The molecule has 15 nitrogen and oxygen atoms in total. The molecule has 15 heteroatoms. The molecule has 2 aliphatic heterocycles. The van der Waals surface area contributed by atoms with Crippen LogP contribution >= 0.6 is 0 Å². The van der Waals surface area contributed by atoms with E-state index in [1.165, 1.54) is 38.7 Å². The van der Waals surface area contributed by atoms with Crippen LogP contribution in [0.15, 0.2) is 35.9 Å². The van der Waals surface area contributed by atoms with Gasteiger partial charge in [0.15, 0.2) is 24.8 Å². The predicted octanol–water partition coefficient (Wildman–Crippen LogP) is 4.85. The molecule has 1 aromatic rings. The smallest absolute Gasteiger partial charge is 0.338 e. The third-order valence-electron chi connectivity index (χ3n) is 16.1. The lowest BCUT2D eigenvalue weighted by molar-refractivity contribution is -0.340. The maximum atomic E-state index is 13.3. The van der Waals surface area contributed by atoms with Crippen LogP contribution in [0, 0.1) is 46.3 Å². The zero-order valence-corrected chi connectivity index (χ0v) is 38.7. The number of fused-ring (bicyclic) bond motifs is 5. The van der Waals surface area contributed by atoms with Crippen molar-refractivity contribution in [3.8, 4) is 5.75 Å². The van der Waals surface area contributed by atoms with E-state index in [1.807, 2.05) is 0 Å². The summed E-state index contributed by atoms with van der Waals surface area (Å²) in [5.74, 6) is 0.970. The summed E-state index contributed by atoms with van der Waals surface area (Å²) >= 11 is 0. The van der Waals surface area contributed by atoms with Gasteiger partial charge in [0.2, 0.25) is 5.91 Å². The molecule has 0 spiro atoms. The number of hydrogen-bond acceptors (Lipinski definition) is 14. The third kappa shape index (κ3) is 10.2. The van der Waals surface area contributed by atoms with Crippen LogP contribution in [0.3, 0.4) is 0 Å². The minimum atomic E-state index is -1.61. The van der Waals surface area contributed by atoms with Gasteiger partial charge in [-0.05, 0) is 122 Å². The fourth-order valence-electron chi connectivity index (χ4n) is 12.8. The number of allylic oxidation sites excluding steroid dienone is 1. The summed E-state index contributed by atoms with van der Waals surface area (Å²) in [4.78, 5) is 37.8. The van der Waals surface area contributed by atoms with E-state index in [-0.39, 0.29) is 59.6 Å². The highest BCUT2D eigenvalue weighted by atomic mass is 16.7. The van der Waals surface area contributed by atoms with Crippen molar-refractivity contribution in [3.05, 3.63) is 41.5 Å². The second-order valence-corrected chi connectivity index (χ2v) is 20.4. The van der Waals surface area contributed by atoms with Crippen LogP contribution in [0.2, 0.25) is 0 Å². The van der Waals surface area contributed by atoms with Gasteiger partial charge >= 0.3 is 11.9 Å². The average Bonchev–Trinajstić information content (AvgIpc) is 3.56. The first kappa shape index (κ1) is 48.8. The van der Waals surface area contributed by atoms with Gasteiger partial charge in [0.25, 0.3) is 0 Å². The van der Waals surface area contributed by atoms with Crippen LogP contribution in [0.1, 0.15) is 116 Å². The van der Waals surface area contributed by atoms with Gasteiger partial charge in [-0.25, -0.2) is 4.79 Å². The number of aliphatic hydroxyl groups is 4. The molecular formula is C49H73NO14. The monoisotopic (exact) mass is 900 g/mol. The van der Waals surface area contributed by atoms with Crippen molar-refractivity contribution in [2.75, 3.05) is 26.9 Å². The number of nitrogens with one attached hydrogen (secondary N) is 1. The van der Waals surface area contributed by atoms with E-state index in [4.69, 9.17) is 33.2 Å². The van der Waals surface area contributed by atoms with E-state index in [1.54, 1.807) is 12.1 Å². The Hall–Kier alpha value is -3.15. The number of carbonyl (C=O) groups is 3. The van der Waals surface area contributed by atoms with Gasteiger partial charge in [-0.15, -0.1) is 0 Å². The molecular weight excluding hydrogens is 827 g/mol. The predicted molar refractivity (Wildman–Crippen MR) is 232 cm³/mol. The van der Waals surface area contributed by atoms with E-state index >= 15 is 0 Å². The average molecular weight is 900 g/mol. The molecule has 0 radical (unpaired) electrons. The topological polar surface area (TPSA) is 209 Å². The molecule has 6 aliphatic rings. The summed E-state index contributed by atoms with van der Waals surface area (Å²) in [6.45, 7) is 12.2. The summed E-state index contributed by atoms with van der Waals surface area (Å²) < 4.78 is 42.4. The van der Waals surface area contributed by atoms with Crippen molar-refractivity contribution >= 4 is 17.8 Å². The normalized spacial score (nSPS) is 40.4. The number of amides is 1. The number of methoxy groups -OCH3 is 1. The van der Waals surface area contributed by atoms with E-state index in [0.29, 0.717) is 36.0 Å². The maximum absolute atomic E-state index is 13.3. The molecule has 2 heterocycles. The Balaban J connectivity index is 1.14. The van der Waals surface area contributed by atoms with Gasteiger partial charge in [-0.3, -0.25) is 9.59 Å². The standard InChI is InChI=1S/C49H73NO14/c1-26(23-50-28(3)51)9-8-10-27(2)40-39(22-36-34-16-13-31-21-32(53)17-19-48(31,5)35(34)18-20-49(36,40)6)62-47-44(61-29(4)52)42(38(55)25-60-47)64-46-43(41(56)37(54)24-59-46)63-45(57)30-11-14-33(58-7)15-12-30/h11-15,26-27,32,34-44,46-47,53-56H,8-10,16-25H2,1-7H3,(H,50,51)/t26-,27-,32+,34?,35?,36?,37-,38+,39+,40+,41+,42+,43-,44-,46+,47+,48+,49+/m1/s1. The quantitative estimate of drug-likeness (QED) is 0.118. The highest BCUT2D eigenvalue weighted by molar-refractivity contribution is 5.89. The Bertz CT molecular complexity index is 1810. The molecule has 0 aromatic heterocycles. The summed E-state index contributed by atoms with van der Waals surface area (Å²) in [6, 6.07) is 6.16. The molecule has 3 saturated carbocycles. The number of esters is 2. The molecule has 18 atom stereocenters. The van der Waals surface area contributed by atoms with Gasteiger partial charge in [0, 0.05) is 20.4 Å². The second kappa shape index (κ2) is 20.4. The first-order chi connectivity index (χ1) is 30.4. The first-order valence-electron chi connectivity index (χ1n) is 23.7. The fraction of sp³-hybridized carbons (Fsp3) is 0.776. The van der Waals surface area contributed by atoms with Crippen molar-refractivity contribution in [2.24, 2.45) is 46.3 Å². The first-order valence-corrected chi connectivity index (χ1v) is 23.7. The molecule has 64 heavy (non-hydrogen) atoms. The molecule has 3 unspecified atom stereocenters. The molecule has 1 aromatic carbocycles. The SMILES string of the molecule is COc1ccc(C(=O)O[C@H]2[C@H](O[C@@H]3[C@@H](OC(C)=O)[C@H](O[C@H]4CC5C6CC=C7C[C@@H](O)CC[C@]7(C)C6CC[C@]5(C)[C@H]4[C@H](C)CCC[C@@H](C)CNC(C)=O)OC[C@@H]3O)OC[C@@H](O)[C@@H]2O)cc1. The Kier molecular flexibility index (Phi) is 15.5. The van der Waals surface area contributed by atoms with Gasteiger partial charge in [0.05, 0.1) is 38.1 Å². The summed E-state index contributed by atoms with van der Waals surface area (Å²) in [5.41, 5.74) is 1.54. The summed E-state index contributed by atoms with van der Waals surface area (Å²) in [7, 11) is 1.50. The van der Waals surface area contributed by atoms with E-state index in [2.05, 4.69) is 39.1 Å². The van der Waals surface area contributed by atoms with E-state index in [0.717, 1.165) is 64.2 Å². The van der Waals surface area contributed by atoms with E-state index in [9.17, 15) is 34.8 Å². The zero-order valence-electron chi connectivity index (χ0n) is 38.7. The van der Waals surface area contributed by atoms with Crippen molar-refractivity contribution in [3.63, 3.8) is 0 Å². The zero-order chi connectivity index (χ0) is 46.1. The third-order valence-corrected chi connectivity index (χ3v) is 16.1. The maximum Gasteiger partial charge on any atom is 0.338 e. The molecule has 358 valence electrons. The Morgan fingerprint density at radius 3 is 2.25 bits per heavy atom. The minimum Gasteiger partial charge on any atom is -0.497 e. The number of aliphatic hydroxyl groups excluding tert-OH is 4. The van der Waals surface area contributed by atoms with Crippen LogP contribution in [0.4, 0.5) is 0 Å². The van der Waals surface area contributed by atoms with Crippen molar-refractivity contribution in [1.29, 1.82) is 0 Å². The Morgan fingerprint density at radius 2 is 1.56 bits per heavy atom. The minimum absolute atomic E-state index is 0.0311. The van der Waals surface area contributed by atoms with E-state index < -0.39 is 61.1 Å². The van der Waals surface area contributed by atoms with Crippen LogP contribution in [-0.4, -0.2) is 127 Å². The Labute approximate surface area is 377 Å². The Morgan fingerprint density at radius 1 is 0.859 bits per heavy atom.